The number of amides is 2. The van der Waals surface area contributed by atoms with Gasteiger partial charge in [0, 0.05) is 31.7 Å². The van der Waals surface area contributed by atoms with Crippen LogP contribution in [0.5, 0.6) is 0 Å². The van der Waals surface area contributed by atoms with Crippen LogP contribution in [-0.2, 0) is 22.6 Å². The van der Waals surface area contributed by atoms with Crippen LogP contribution in [0.3, 0.4) is 0 Å². The number of rotatable bonds is 9. The molecule has 1 aliphatic rings. The standard InChI is InChI=1S/C25H35N5O4/c1-5-7-12-28-22(26)21(23(32)27-25(28)34)30(14-16(3)4)24(33)18-13-20(31)29(15-18)19-10-8-17(6-2)9-11-19/h8-11,16,18H,5-7,12-15,26H2,1-4H3,(H,27,32,34)/t18-/m1/s1. The number of nitrogen functional groups attached to an aromatic ring is 1. The first-order chi connectivity index (χ1) is 16.2. The molecule has 2 aromatic rings. The predicted octanol–water partition coefficient (Wildman–Crippen LogP) is 2.52. The summed E-state index contributed by atoms with van der Waals surface area (Å²) in [5.41, 5.74) is 6.89. The fraction of sp³-hybridized carbons (Fsp3) is 0.520. The van der Waals surface area contributed by atoms with Gasteiger partial charge in [-0.3, -0.25) is 23.9 Å². The highest BCUT2D eigenvalue weighted by atomic mass is 16.2. The second kappa shape index (κ2) is 10.7. The highest BCUT2D eigenvalue weighted by Gasteiger charge is 2.39. The molecule has 2 amide bonds. The number of nitrogens with two attached hydrogens (primary N) is 1. The minimum atomic E-state index is -0.694. The number of anilines is 3. The molecule has 1 atom stereocenters. The number of carbonyl (C=O) groups excluding carboxylic acids is 2. The Morgan fingerprint density at radius 2 is 1.85 bits per heavy atom. The Morgan fingerprint density at radius 1 is 1.18 bits per heavy atom. The summed E-state index contributed by atoms with van der Waals surface area (Å²) < 4.78 is 1.31. The lowest BCUT2D eigenvalue weighted by Gasteiger charge is -2.28. The number of H-pyrrole nitrogens is 1. The molecule has 1 aromatic carbocycles. The van der Waals surface area contributed by atoms with Crippen LogP contribution in [0, 0.1) is 11.8 Å². The van der Waals surface area contributed by atoms with Gasteiger partial charge in [-0.25, -0.2) is 4.79 Å². The molecule has 2 heterocycles. The molecular weight excluding hydrogens is 434 g/mol. The van der Waals surface area contributed by atoms with Crippen LogP contribution in [0.2, 0.25) is 0 Å². The first kappa shape index (κ1) is 25.3. The maximum atomic E-state index is 13.7. The number of hydrogen-bond acceptors (Lipinski definition) is 5. The molecule has 0 aliphatic carbocycles. The van der Waals surface area contributed by atoms with E-state index in [9.17, 15) is 19.2 Å². The number of nitrogens with one attached hydrogen (secondary N) is 1. The molecule has 0 radical (unpaired) electrons. The molecule has 0 spiro atoms. The summed E-state index contributed by atoms with van der Waals surface area (Å²) in [6, 6.07) is 7.73. The van der Waals surface area contributed by atoms with Gasteiger partial charge in [-0.2, -0.15) is 0 Å². The summed E-state index contributed by atoms with van der Waals surface area (Å²) in [7, 11) is 0. The summed E-state index contributed by atoms with van der Waals surface area (Å²) in [6.07, 6.45) is 2.50. The molecule has 3 rings (SSSR count). The molecule has 3 N–H and O–H groups in total. The molecule has 1 aromatic heterocycles. The molecule has 9 nitrogen and oxygen atoms in total. The number of nitrogens with zero attached hydrogens (tertiary/aromatic N) is 3. The fourth-order valence-electron chi connectivity index (χ4n) is 4.29. The van der Waals surface area contributed by atoms with E-state index in [2.05, 4.69) is 11.9 Å². The van der Waals surface area contributed by atoms with E-state index >= 15 is 0 Å². The van der Waals surface area contributed by atoms with Crippen molar-refractivity contribution >= 4 is 29.0 Å². The van der Waals surface area contributed by atoms with Crippen LogP contribution in [0.15, 0.2) is 33.9 Å². The Balaban J connectivity index is 1.94. The average molecular weight is 470 g/mol. The zero-order valence-electron chi connectivity index (χ0n) is 20.5. The zero-order chi connectivity index (χ0) is 25.0. The second-order valence-corrected chi connectivity index (χ2v) is 9.27. The second-order valence-electron chi connectivity index (χ2n) is 9.27. The van der Waals surface area contributed by atoms with Gasteiger partial charge in [-0.15, -0.1) is 0 Å². The average Bonchev–Trinajstić information content (AvgIpc) is 3.19. The molecule has 0 unspecified atom stereocenters. The normalized spacial score (nSPS) is 15.9. The lowest BCUT2D eigenvalue weighted by atomic mass is 10.1. The molecule has 184 valence electrons. The number of carbonyl (C=O) groups is 2. The van der Waals surface area contributed by atoms with Crippen LogP contribution in [0.4, 0.5) is 17.2 Å². The molecule has 1 fully saturated rings. The Labute approximate surface area is 199 Å². The summed E-state index contributed by atoms with van der Waals surface area (Å²) in [4.78, 5) is 56.9. The molecule has 1 saturated heterocycles. The van der Waals surface area contributed by atoms with E-state index in [-0.39, 0.29) is 48.7 Å². The Morgan fingerprint density at radius 3 is 2.44 bits per heavy atom. The lowest BCUT2D eigenvalue weighted by molar-refractivity contribution is -0.124. The number of aromatic amines is 1. The zero-order valence-corrected chi connectivity index (χ0v) is 20.5. The van der Waals surface area contributed by atoms with Crippen LogP contribution in [-0.4, -0.2) is 34.5 Å². The van der Waals surface area contributed by atoms with Crippen molar-refractivity contribution in [2.24, 2.45) is 11.8 Å². The monoisotopic (exact) mass is 469 g/mol. The van der Waals surface area contributed by atoms with Gasteiger partial charge in [0.05, 0.1) is 5.92 Å². The first-order valence-corrected chi connectivity index (χ1v) is 12.0. The quantitative estimate of drug-likeness (QED) is 0.584. The summed E-state index contributed by atoms with van der Waals surface area (Å²) >= 11 is 0. The van der Waals surface area contributed by atoms with Gasteiger partial charge in [0.2, 0.25) is 11.8 Å². The van der Waals surface area contributed by atoms with Crippen LogP contribution in [0.1, 0.15) is 52.5 Å². The van der Waals surface area contributed by atoms with Crippen molar-refractivity contribution in [2.75, 3.05) is 28.6 Å². The maximum Gasteiger partial charge on any atom is 0.330 e. The van der Waals surface area contributed by atoms with Crippen LogP contribution < -0.4 is 26.8 Å². The van der Waals surface area contributed by atoms with Crippen molar-refractivity contribution in [3.8, 4) is 0 Å². The third kappa shape index (κ3) is 5.24. The Hall–Kier alpha value is -3.36. The van der Waals surface area contributed by atoms with Gasteiger partial charge < -0.3 is 15.5 Å². The molecule has 9 heteroatoms. The van der Waals surface area contributed by atoms with Crippen LogP contribution in [0.25, 0.3) is 0 Å². The minimum Gasteiger partial charge on any atom is -0.383 e. The summed E-state index contributed by atoms with van der Waals surface area (Å²) in [5.74, 6) is -1.08. The van der Waals surface area contributed by atoms with E-state index in [1.54, 1.807) is 4.90 Å². The van der Waals surface area contributed by atoms with Gasteiger partial charge in [0.25, 0.3) is 5.56 Å². The van der Waals surface area contributed by atoms with E-state index < -0.39 is 17.2 Å². The number of unbranched alkanes of at least 4 members (excludes halogenated alkanes) is 1. The largest absolute Gasteiger partial charge is 0.383 e. The topological polar surface area (TPSA) is 121 Å². The maximum absolute atomic E-state index is 13.7. The third-order valence-electron chi connectivity index (χ3n) is 6.16. The van der Waals surface area contributed by atoms with Crippen molar-refractivity contribution in [3.63, 3.8) is 0 Å². The first-order valence-electron chi connectivity index (χ1n) is 12.0. The van der Waals surface area contributed by atoms with Gasteiger partial charge in [-0.05, 0) is 36.5 Å². The van der Waals surface area contributed by atoms with Crippen molar-refractivity contribution in [1.29, 1.82) is 0 Å². The molecular formula is C25H35N5O4. The van der Waals surface area contributed by atoms with Crippen molar-refractivity contribution in [2.45, 2.75) is 59.9 Å². The number of hydrogen-bond donors (Lipinski definition) is 2. The summed E-state index contributed by atoms with van der Waals surface area (Å²) in [5, 5.41) is 0. The van der Waals surface area contributed by atoms with Gasteiger partial charge in [-0.1, -0.05) is 46.2 Å². The van der Waals surface area contributed by atoms with E-state index in [1.807, 2.05) is 45.0 Å². The fourth-order valence-corrected chi connectivity index (χ4v) is 4.29. The third-order valence-corrected chi connectivity index (χ3v) is 6.16. The SMILES string of the molecule is CCCCn1c(N)c(N(CC(C)C)C(=O)[C@@H]2CC(=O)N(c3ccc(CC)cc3)C2)c(=O)[nH]c1=O. The van der Waals surface area contributed by atoms with E-state index in [0.717, 1.165) is 18.5 Å². The van der Waals surface area contributed by atoms with Gasteiger partial charge in [0.15, 0.2) is 5.69 Å². The molecule has 34 heavy (non-hydrogen) atoms. The van der Waals surface area contributed by atoms with Crippen molar-refractivity contribution in [3.05, 3.63) is 50.7 Å². The minimum absolute atomic E-state index is 0.0207. The molecule has 0 saturated carbocycles. The van der Waals surface area contributed by atoms with Crippen LogP contribution >= 0.6 is 0 Å². The smallest absolute Gasteiger partial charge is 0.330 e. The lowest BCUT2D eigenvalue weighted by Crippen LogP contribution is -2.45. The van der Waals surface area contributed by atoms with Gasteiger partial charge >= 0.3 is 5.69 Å². The van der Waals surface area contributed by atoms with Gasteiger partial charge in [0.1, 0.15) is 5.82 Å². The Bertz CT molecular complexity index is 1150. The number of aromatic nitrogens is 2. The highest BCUT2D eigenvalue weighted by molar-refractivity contribution is 6.05. The van der Waals surface area contributed by atoms with E-state index in [4.69, 9.17) is 5.73 Å². The van der Waals surface area contributed by atoms with Crippen molar-refractivity contribution < 1.29 is 9.59 Å². The van der Waals surface area contributed by atoms with E-state index in [0.29, 0.717) is 13.0 Å². The predicted molar refractivity (Wildman–Crippen MR) is 134 cm³/mol. The molecule has 1 aliphatic heterocycles. The highest BCUT2D eigenvalue weighted by Crippen LogP contribution is 2.29. The summed E-state index contributed by atoms with van der Waals surface area (Å²) in [6.45, 7) is 8.73. The Kier molecular flexibility index (Phi) is 7.96. The number of aryl methyl sites for hydroxylation is 1. The molecule has 0 bridgehead atoms. The van der Waals surface area contributed by atoms with E-state index in [1.165, 1.54) is 15.0 Å². The van der Waals surface area contributed by atoms with Crippen molar-refractivity contribution in [1.82, 2.24) is 9.55 Å². The number of benzene rings is 1.